The van der Waals surface area contributed by atoms with E-state index in [-0.39, 0.29) is 17.9 Å². The molecule has 1 aliphatic carbocycles. The average molecular weight is 278 g/mol. The van der Waals surface area contributed by atoms with Crippen LogP contribution < -0.4 is 5.32 Å². The van der Waals surface area contributed by atoms with E-state index in [1.54, 1.807) is 0 Å². The van der Waals surface area contributed by atoms with Crippen molar-refractivity contribution in [3.63, 3.8) is 0 Å². The molecule has 1 atom stereocenters. The van der Waals surface area contributed by atoms with Crippen molar-refractivity contribution in [1.82, 2.24) is 10.2 Å². The highest BCUT2D eigenvalue weighted by atomic mass is 16.2. The van der Waals surface area contributed by atoms with E-state index in [0.717, 1.165) is 38.5 Å². The van der Waals surface area contributed by atoms with Gasteiger partial charge >= 0.3 is 0 Å². The number of hydrogen-bond acceptors (Lipinski definition) is 2. The zero-order valence-electron chi connectivity index (χ0n) is 12.9. The van der Waals surface area contributed by atoms with Crippen LogP contribution in [0.2, 0.25) is 0 Å². The van der Waals surface area contributed by atoms with Crippen LogP contribution in [0.5, 0.6) is 0 Å². The largest absolute Gasteiger partial charge is 0.342 e. The fourth-order valence-corrected chi connectivity index (χ4v) is 3.36. The summed E-state index contributed by atoms with van der Waals surface area (Å²) in [7, 11) is 0. The Kier molecular flexibility index (Phi) is 4.51. The molecular weight excluding hydrogens is 252 g/mol. The second kappa shape index (κ2) is 5.98. The maximum Gasteiger partial charge on any atom is 0.246 e. The van der Waals surface area contributed by atoms with E-state index in [1.165, 1.54) is 5.57 Å². The number of nitrogens with zero attached hydrogens (tertiary/aromatic N) is 1. The van der Waals surface area contributed by atoms with Gasteiger partial charge in [-0.1, -0.05) is 37.8 Å². The third kappa shape index (κ3) is 2.60. The van der Waals surface area contributed by atoms with Gasteiger partial charge in [-0.15, -0.1) is 0 Å². The van der Waals surface area contributed by atoms with Crippen molar-refractivity contribution in [2.45, 2.75) is 70.9 Å². The number of carbonyl (C=O) groups is 2. The van der Waals surface area contributed by atoms with Crippen LogP contribution in [-0.4, -0.2) is 34.8 Å². The number of rotatable bonds is 4. The second-order valence-corrected chi connectivity index (χ2v) is 6.28. The zero-order chi connectivity index (χ0) is 14.8. The Morgan fingerprint density at radius 2 is 2.00 bits per heavy atom. The normalized spacial score (nSPS) is 24.9. The number of amides is 2. The molecule has 0 aromatic heterocycles. The average Bonchev–Trinajstić information content (AvgIpc) is 2.86. The van der Waals surface area contributed by atoms with Gasteiger partial charge < -0.3 is 10.2 Å². The van der Waals surface area contributed by atoms with Gasteiger partial charge in [-0.3, -0.25) is 9.59 Å². The summed E-state index contributed by atoms with van der Waals surface area (Å²) in [6.45, 7) is 6.66. The van der Waals surface area contributed by atoms with E-state index in [4.69, 9.17) is 0 Å². The first kappa shape index (κ1) is 15.1. The molecule has 1 saturated heterocycles. The highest BCUT2D eigenvalue weighted by molar-refractivity contribution is 6.00. The number of hydrogen-bond donors (Lipinski definition) is 1. The first-order chi connectivity index (χ1) is 9.51. The minimum atomic E-state index is -0.576. The summed E-state index contributed by atoms with van der Waals surface area (Å²) in [6.07, 6.45) is 7.36. The Labute approximate surface area is 121 Å². The summed E-state index contributed by atoms with van der Waals surface area (Å²) in [5, 5.41) is 2.97. The SMILES string of the molecule is CCCC1NC(=O)C2(CCCC2)N(CC=C(C)C)C1=O. The number of allylic oxidation sites excluding steroid dienone is 1. The summed E-state index contributed by atoms with van der Waals surface area (Å²) in [5.74, 6) is 0.168. The van der Waals surface area contributed by atoms with Crippen molar-refractivity contribution in [1.29, 1.82) is 0 Å². The molecule has 112 valence electrons. The van der Waals surface area contributed by atoms with Crippen LogP contribution in [0.25, 0.3) is 0 Å². The summed E-state index contributed by atoms with van der Waals surface area (Å²) in [4.78, 5) is 27.1. The minimum absolute atomic E-state index is 0.0650. The molecular formula is C16H26N2O2. The Hall–Kier alpha value is -1.32. The lowest BCUT2D eigenvalue weighted by Gasteiger charge is -2.46. The Morgan fingerprint density at radius 1 is 1.35 bits per heavy atom. The fraction of sp³-hybridized carbons (Fsp3) is 0.750. The van der Waals surface area contributed by atoms with E-state index in [1.807, 2.05) is 25.7 Å². The Morgan fingerprint density at radius 3 is 2.55 bits per heavy atom. The molecule has 0 aromatic rings. The van der Waals surface area contributed by atoms with E-state index in [2.05, 4.69) is 11.4 Å². The molecule has 0 radical (unpaired) electrons. The van der Waals surface area contributed by atoms with Crippen molar-refractivity contribution in [3.8, 4) is 0 Å². The fourth-order valence-electron chi connectivity index (χ4n) is 3.36. The van der Waals surface area contributed by atoms with Crippen LogP contribution in [0, 0.1) is 0 Å². The van der Waals surface area contributed by atoms with E-state index in [0.29, 0.717) is 6.54 Å². The molecule has 2 fully saturated rings. The van der Waals surface area contributed by atoms with E-state index < -0.39 is 5.54 Å². The summed E-state index contributed by atoms with van der Waals surface area (Å²) < 4.78 is 0. The molecule has 1 aliphatic heterocycles. The number of carbonyl (C=O) groups excluding carboxylic acids is 2. The van der Waals surface area contributed by atoms with Crippen molar-refractivity contribution in [3.05, 3.63) is 11.6 Å². The third-order valence-corrected chi connectivity index (χ3v) is 4.50. The lowest BCUT2D eigenvalue weighted by molar-refractivity contribution is -0.156. The van der Waals surface area contributed by atoms with Gasteiger partial charge in [0.1, 0.15) is 11.6 Å². The Bertz CT molecular complexity index is 418. The van der Waals surface area contributed by atoms with Gasteiger partial charge in [0.15, 0.2) is 0 Å². The molecule has 1 saturated carbocycles. The van der Waals surface area contributed by atoms with Gasteiger partial charge in [0.2, 0.25) is 11.8 Å². The van der Waals surface area contributed by atoms with Gasteiger partial charge in [-0.05, 0) is 33.1 Å². The lowest BCUT2D eigenvalue weighted by Crippen LogP contribution is -2.69. The quantitative estimate of drug-likeness (QED) is 0.803. The maximum absolute atomic E-state index is 12.7. The highest BCUT2D eigenvalue weighted by Crippen LogP contribution is 2.38. The summed E-state index contributed by atoms with van der Waals surface area (Å²) in [6, 6.07) is -0.329. The van der Waals surface area contributed by atoms with Crippen molar-refractivity contribution >= 4 is 11.8 Å². The predicted molar refractivity (Wildman–Crippen MR) is 79.2 cm³/mol. The predicted octanol–water partition coefficient (Wildman–Crippen LogP) is 2.39. The number of nitrogens with one attached hydrogen (secondary N) is 1. The van der Waals surface area contributed by atoms with Crippen molar-refractivity contribution < 1.29 is 9.59 Å². The number of piperazine rings is 1. The standard InChI is InChI=1S/C16H26N2O2/c1-4-7-13-14(19)18(11-8-12(2)3)16(15(20)17-13)9-5-6-10-16/h8,13H,4-7,9-11H2,1-3H3,(H,17,20). The zero-order valence-corrected chi connectivity index (χ0v) is 12.9. The van der Waals surface area contributed by atoms with Crippen LogP contribution in [0.1, 0.15) is 59.3 Å². The second-order valence-electron chi connectivity index (χ2n) is 6.28. The molecule has 1 heterocycles. The third-order valence-electron chi connectivity index (χ3n) is 4.50. The van der Waals surface area contributed by atoms with Crippen molar-refractivity contribution in [2.75, 3.05) is 6.54 Å². The van der Waals surface area contributed by atoms with Crippen LogP contribution >= 0.6 is 0 Å². The minimum Gasteiger partial charge on any atom is -0.342 e. The molecule has 2 rings (SSSR count). The molecule has 0 aromatic carbocycles. The first-order valence-corrected chi connectivity index (χ1v) is 7.77. The van der Waals surface area contributed by atoms with Gasteiger partial charge in [0, 0.05) is 6.54 Å². The monoisotopic (exact) mass is 278 g/mol. The van der Waals surface area contributed by atoms with Gasteiger partial charge in [0.05, 0.1) is 0 Å². The smallest absolute Gasteiger partial charge is 0.246 e. The molecule has 2 amide bonds. The molecule has 4 nitrogen and oxygen atoms in total. The molecule has 0 bridgehead atoms. The maximum atomic E-state index is 12.7. The first-order valence-electron chi connectivity index (χ1n) is 7.77. The van der Waals surface area contributed by atoms with Gasteiger partial charge in [-0.25, -0.2) is 0 Å². The molecule has 1 spiro atoms. The van der Waals surface area contributed by atoms with E-state index >= 15 is 0 Å². The van der Waals surface area contributed by atoms with Crippen LogP contribution in [0.15, 0.2) is 11.6 Å². The molecule has 20 heavy (non-hydrogen) atoms. The Balaban J connectivity index is 2.28. The van der Waals surface area contributed by atoms with Gasteiger partial charge in [-0.2, -0.15) is 0 Å². The van der Waals surface area contributed by atoms with E-state index in [9.17, 15) is 9.59 Å². The summed E-state index contributed by atoms with van der Waals surface area (Å²) in [5.41, 5.74) is 0.608. The topological polar surface area (TPSA) is 49.4 Å². The van der Waals surface area contributed by atoms with Crippen LogP contribution in [0.4, 0.5) is 0 Å². The van der Waals surface area contributed by atoms with Crippen molar-refractivity contribution in [2.24, 2.45) is 0 Å². The molecule has 1 N–H and O–H groups in total. The van der Waals surface area contributed by atoms with Crippen LogP contribution in [-0.2, 0) is 9.59 Å². The molecule has 4 heteroatoms. The summed E-state index contributed by atoms with van der Waals surface area (Å²) >= 11 is 0. The molecule has 2 aliphatic rings. The lowest BCUT2D eigenvalue weighted by atomic mass is 9.88. The molecule has 1 unspecified atom stereocenters. The van der Waals surface area contributed by atoms with Gasteiger partial charge in [0.25, 0.3) is 0 Å². The highest BCUT2D eigenvalue weighted by Gasteiger charge is 2.52. The van der Waals surface area contributed by atoms with Crippen LogP contribution in [0.3, 0.4) is 0 Å².